The molecule has 4 rings (SSSR count). The monoisotopic (exact) mass is 388 g/mol. The molecule has 0 aliphatic rings. The maximum atomic E-state index is 12.7. The Morgan fingerprint density at radius 3 is 2.55 bits per heavy atom. The zero-order valence-electron chi connectivity index (χ0n) is 16.1. The number of benzene rings is 2. The van der Waals surface area contributed by atoms with E-state index in [9.17, 15) is 14.7 Å². The number of aromatic amines is 1. The summed E-state index contributed by atoms with van der Waals surface area (Å²) in [7, 11) is 0. The van der Waals surface area contributed by atoms with Crippen molar-refractivity contribution in [3.63, 3.8) is 0 Å². The zero-order chi connectivity index (χ0) is 20.5. The summed E-state index contributed by atoms with van der Waals surface area (Å²) in [5.74, 6) is -1.55. The minimum absolute atomic E-state index is 0.177. The summed E-state index contributed by atoms with van der Waals surface area (Å²) in [6.07, 6.45) is 1.96. The molecule has 7 nitrogen and oxygen atoms in total. The SMILES string of the molecule is Cc1nc2ccc(C(=O)NC(Cc3c[nH]c4ccccc34)C(=O)O)cc2nc1C. The highest BCUT2D eigenvalue weighted by Gasteiger charge is 2.23. The number of hydrogen-bond acceptors (Lipinski definition) is 4. The van der Waals surface area contributed by atoms with Crippen molar-refractivity contribution in [3.8, 4) is 0 Å². The quantitative estimate of drug-likeness (QED) is 0.487. The van der Waals surface area contributed by atoms with Gasteiger partial charge in [0.25, 0.3) is 5.91 Å². The van der Waals surface area contributed by atoms with Gasteiger partial charge in [0.15, 0.2) is 0 Å². The van der Waals surface area contributed by atoms with E-state index in [4.69, 9.17) is 0 Å². The first-order chi connectivity index (χ1) is 13.9. The van der Waals surface area contributed by atoms with Crippen molar-refractivity contribution in [1.29, 1.82) is 0 Å². The third kappa shape index (κ3) is 3.67. The average Bonchev–Trinajstić information content (AvgIpc) is 3.11. The highest BCUT2D eigenvalue weighted by atomic mass is 16.4. The number of para-hydroxylation sites is 1. The molecule has 7 heteroatoms. The van der Waals surface area contributed by atoms with Crippen LogP contribution < -0.4 is 5.32 Å². The molecule has 0 aliphatic heterocycles. The fraction of sp³-hybridized carbons (Fsp3) is 0.182. The first-order valence-electron chi connectivity index (χ1n) is 9.26. The summed E-state index contributed by atoms with van der Waals surface area (Å²) in [5, 5.41) is 13.2. The number of nitrogens with one attached hydrogen (secondary N) is 2. The normalized spacial score (nSPS) is 12.2. The minimum Gasteiger partial charge on any atom is -0.480 e. The van der Waals surface area contributed by atoms with E-state index < -0.39 is 17.9 Å². The smallest absolute Gasteiger partial charge is 0.326 e. The molecule has 1 atom stereocenters. The van der Waals surface area contributed by atoms with Crippen molar-refractivity contribution in [2.45, 2.75) is 26.3 Å². The second-order valence-electron chi connectivity index (χ2n) is 7.03. The van der Waals surface area contributed by atoms with E-state index in [1.807, 2.05) is 38.1 Å². The predicted octanol–water partition coefficient (Wildman–Crippen LogP) is 3.15. The van der Waals surface area contributed by atoms with Gasteiger partial charge >= 0.3 is 5.97 Å². The van der Waals surface area contributed by atoms with E-state index >= 15 is 0 Å². The molecule has 2 aromatic heterocycles. The summed E-state index contributed by atoms with van der Waals surface area (Å²) in [4.78, 5) is 36.5. The van der Waals surface area contributed by atoms with E-state index in [0.29, 0.717) is 16.6 Å². The Labute approximate surface area is 166 Å². The van der Waals surface area contributed by atoms with Gasteiger partial charge in [0.05, 0.1) is 22.4 Å². The molecule has 29 heavy (non-hydrogen) atoms. The molecule has 0 fully saturated rings. The number of rotatable bonds is 5. The Morgan fingerprint density at radius 2 is 1.79 bits per heavy atom. The molecule has 0 aliphatic carbocycles. The lowest BCUT2D eigenvalue weighted by Crippen LogP contribution is -2.42. The zero-order valence-corrected chi connectivity index (χ0v) is 16.1. The highest BCUT2D eigenvalue weighted by Crippen LogP contribution is 2.20. The molecular formula is C22H20N4O3. The Bertz CT molecular complexity index is 1250. The molecule has 0 saturated carbocycles. The molecule has 146 valence electrons. The number of carboxylic acids is 1. The van der Waals surface area contributed by atoms with Gasteiger partial charge in [-0.1, -0.05) is 18.2 Å². The van der Waals surface area contributed by atoms with Crippen LogP contribution in [0.3, 0.4) is 0 Å². The summed E-state index contributed by atoms with van der Waals surface area (Å²) in [5.41, 5.74) is 5.03. The number of fused-ring (bicyclic) bond motifs is 2. The summed E-state index contributed by atoms with van der Waals surface area (Å²) >= 11 is 0. The molecule has 4 aromatic rings. The molecule has 0 spiro atoms. The molecule has 3 N–H and O–H groups in total. The summed E-state index contributed by atoms with van der Waals surface area (Å²) in [6.45, 7) is 3.74. The number of hydrogen-bond donors (Lipinski definition) is 3. The van der Waals surface area contributed by atoms with Crippen LogP contribution in [-0.4, -0.2) is 38.0 Å². The Morgan fingerprint density at radius 1 is 1.07 bits per heavy atom. The first-order valence-corrected chi connectivity index (χ1v) is 9.26. The van der Waals surface area contributed by atoms with Gasteiger partial charge in [-0.2, -0.15) is 0 Å². The van der Waals surface area contributed by atoms with E-state index in [-0.39, 0.29) is 6.42 Å². The molecule has 2 aromatic carbocycles. The van der Waals surface area contributed by atoms with Crippen molar-refractivity contribution in [1.82, 2.24) is 20.3 Å². The number of H-pyrrole nitrogens is 1. The third-order valence-corrected chi connectivity index (χ3v) is 5.04. The van der Waals surface area contributed by atoms with Gasteiger partial charge in [-0.15, -0.1) is 0 Å². The van der Waals surface area contributed by atoms with Gasteiger partial charge in [-0.05, 0) is 43.7 Å². The van der Waals surface area contributed by atoms with Gasteiger partial charge < -0.3 is 15.4 Å². The molecule has 0 radical (unpaired) electrons. The molecular weight excluding hydrogens is 368 g/mol. The molecule has 2 heterocycles. The average molecular weight is 388 g/mol. The number of aliphatic carboxylic acids is 1. The Hall–Kier alpha value is -3.74. The fourth-order valence-corrected chi connectivity index (χ4v) is 3.33. The van der Waals surface area contributed by atoms with Crippen molar-refractivity contribution in [2.24, 2.45) is 0 Å². The number of carboxylic acid groups (broad SMARTS) is 1. The van der Waals surface area contributed by atoms with Crippen LogP contribution in [0.25, 0.3) is 21.9 Å². The maximum absolute atomic E-state index is 12.7. The van der Waals surface area contributed by atoms with Crippen LogP contribution in [0.15, 0.2) is 48.7 Å². The molecule has 1 unspecified atom stereocenters. The number of aryl methyl sites for hydroxylation is 2. The maximum Gasteiger partial charge on any atom is 0.326 e. The van der Waals surface area contributed by atoms with Crippen molar-refractivity contribution in [3.05, 3.63) is 71.2 Å². The highest BCUT2D eigenvalue weighted by molar-refractivity contribution is 5.99. The topological polar surface area (TPSA) is 108 Å². The van der Waals surface area contributed by atoms with Crippen LogP contribution >= 0.6 is 0 Å². The predicted molar refractivity (Wildman–Crippen MR) is 110 cm³/mol. The van der Waals surface area contributed by atoms with Crippen LogP contribution in [-0.2, 0) is 11.2 Å². The van der Waals surface area contributed by atoms with Crippen molar-refractivity contribution >= 4 is 33.8 Å². The van der Waals surface area contributed by atoms with Gasteiger partial charge in [0, 0.05) is 29.1 Å². The second kappa shape index (κ2) is 7.35. The lowest BCUT2D eigenvalue weighted by Gasteiger charge is -2.14. The fourth-order valence-electron chi connectivity index (χ4n) is 3.33. The van der Waals surface area contributed by atoms with E-state index in [2.05, 4.69) is 20.3 Å². The standard InChI is InChI=1S/C22H20N4O3/c1-12-13(2)25-19-9-14(7-8-18(19)24-12)21(27)26-20(22(28)29)10-15-11-23-17-6-4-3-5-16(15)17/h3-9,11,20,23H,10H2,1-2H3,(H,26,27)(H,28,29). The number of carbonyl (C=O) groups excluding carboxylic acids is 1. The van der Waals surface area contributed by atoms with Gasteiger partial charge in [0.2, 0.25) is 0 Å². The lowest BCUT2D eigenvalue weighted by atomic mass is 10.0. The number of nitrogens with zero attached hydrogens (tertiary/aromatic N) is 2. The molecule has 1 amide bonds. The van der Waals surface area contributed by atoms with Crippen LogP contribution in [0.5, 0.6) is 0 Å². The second-order valence-corrected chi connectivity index (χ2v) is 7.03. The van der Waals surface area contributed by atoms with Crippen LogP contribution in [0, 0.1) is 13.8 Å². The minimum atomic E-state index is -1.09. The van der Waals surface area contributed by atoms with E-state index in [1.165, 1.54) is 0 Å². The largest absolute Gasteiger partial charge is 0.480 e. The van der Waals surface area contributed by atoms with Crippen LogP contribution in [0.4, 0.5) is 0 Å². The molecule has 0 saturated heterocycles. The summed E-state index contributed by atoms with van der Waals surface area (Å²) < 4.78 is 0. The number of amides is 1. The van der Waals surface area contributed by atoms with Gasteiger partial charge in [-0.3, -0.25) is 4.79 Å². The number of aromatic nitrogens is 3. The summed E-state index contributed by atoms with van der Waals surface area (Å²) in [6, 6.07) is 11.6. The van der Waals surface area contributed by atoms with Gasteiger partial charge in [-0.25, -0.2) is 14.8 Å². The van der Waals surface area contributed by atoms with Crippen molar-refractivity contribution < 1.29 is 14.7 Å². The lowest BCUT2D eigenvalue weighted by molar-refractivity contribution is -0.139. The third-order valence-electron chi connectivity index (χ3n) is 5.04. The van der Waals surface area contributed by atoms with Crippen molar-refractivity contribution in [2.75, 3.05) is 0 Å². The van der Waals surface area contributed by atoms with E-state index in [0.717, 1.165) is 27.9 Å². The van der Waals surface area contributed by atoms with Crippen LogP contribution in [0.2, 0.25) is 0 Å². The Kier molecular flexibility index (Phi) is 4.72. The molecule has 0 bridgehead atoms. The number of carbonyl (C=O) groups is 2. The van der Waals surface area contributed by atoms with E-state index in [1.54, 1.807) is 24.4 Å². The van der Waals surface area contributed by atoms with Crippen LogP contribution in [0.1, 0.15) is 27.3 Å². The first kappa shape index (κ1) is 18.6. The Balaban J connectivity index is 1.58. The van der Waals surface area contributed by atoms with Gasteiger partial charge in [0.1, 0.15) is 6.04 Å².